The molecule has 2 heterocycles. The summed E-state index contributed by atoms with van der Waals surface area (Å²) in [6.07, 6.45) is 2.75. The van der Waals surface area contributed by atoms with Gasteiger partial charge in [0.05, 0.1) is 10.6 Å². The molecule has 0 bridgehead atoms. The number of rotatable bonds is 4. The third-order valence-electron chi connectivity index (χ3n) is 5.44. The average Bonchev–Trinajstić information content (AvgIpc) is 2.74. The molecule has 0 saturated carbocycles. The van der Waals surface area contributed by atoms with Gasteiger partial charge in [-0.25, -0.2) is 0 Å². The van der Waals surface area contributed by atoms with Crippen molar-refractivity contribution < 1.29 is 5.11 Å². The number of thioether (sulfide) groups is 2. The van der Waals surface area contributed by atoms with Crippen LogP contribution in [0.4, 0.5) is 0 Å². The summed E-state index contributed by atoms with van der Waals surface area (Å²) >= 11 is 11.9. The summed E-state index contributed by atoms with van der Waals surface area (Å²) < 4.78 is -0.394. The summed E-state index contributed by atoms with van der Waals surface area (Å²) in [5.41, 5.74) is 0.809. The molecule has 30 heavy (non-hydrogen) atoms. The van der Waals surface area contributed by atoms with Gasteiger partial charge >= 0.3 is 0 Å². The fraction of sp³-hybridized carbons (Fsp3) is 0.417. The van der Waals surface area contributed by atoms with Crippen LogP contribution in [0.25, 0.3) is 0 Å². The van der Waals surface area contributed by atoms with Gasteiger partial charge in [-0.05, 0) is 62.7 Å². The van der Waals surface area contributed by atoms with Gasteiger partial charge in [-0.15, -0.1) is 29.4 Å². The molecule has 0 amide bonds. The lowest BCUT2D eigenvalue weighted by Gasteiger charge is -2.51. The van der Waals surface area contributed by atoms with Crippen LogP contribution in [0.15, 0.2) is 52.3 Å². The first-order valence-electron chi connectivity index (χ1n) is 10.1. The van der Waals surface area contributed by atoms with Crippen LogP contribution in [-0.2, 0) is 5.60 Å². The molecule has 4 rings (SSSR count). The van der Waals surface area contributed by atoms with Crippen LogP contribution in [0.1, 0.15) is 30.4 Å². The van der Waals surface area contributed by atoms with Gasteiger partial charge < -0.3 is 5.11 Å². The Bertz CT molecular complexity index is 978. The number of halogens is 1. The van der Waals surface area contributed by atoms with Crippen LogP contribution < -0.4 is 0 Å². The molecule has 0 spiro atoms. The summed E-state index contributed by atoms with van der Waals surface area (Å²) in [4.78, 5) is 4.29. The Morgan fingerprint density at radius 3 is 2.53 bits per heavy atom. The van der Waals surface area contributed by atoms with Crippen molar-refractivity contribution >= 4 is 46.9 Å². The number of hydrogen-bond acceptors (Lipinski definition) is 5. The largest absolute Gasteiger partial charge is 0.378 e. The van der Waals surface area contributed by atoms with Crippen LogP contribution in [0.2, 0.25) is 5.02 Å². The van der Waals surface area contributed by atoms with Crippen molar-refractivity contribution in [2.24, 2.45) is 0 Å². The van der Waals surface area contributed by atoms with E-state index in [1.807, 2.05) is 68.0 Å². The van der Waals surface area contributed by atoms with Crippen LogP contribution in [0, 0.1) is 11.8 Å². The van der Waals surface area contributed by atoms with Crippen LogP contribution >= 0.6 is 46.9 Å². The second-order valence-corrected chi connectivity index (χ2v) is 12.4. The van der Waals surface area contributed by atoms with Crippen molar-refractivity contribution in [2.45, 2.75) is 38.7 Å². The minimum atomic E-state index is -1.12. The Morgan fingerprint density at radius 2 is 1.77 bits per heavy atom. The Kier molecular flexibility index (Phi) is 7.04. The second kappa shape index (κ2) is 9.40. The number of benzene rings is 2. The first-order valence-corrected chi connectivity index (χ1v) is 13.3. The maximum Gasteiger partial charge on any atom is 0.141 e. The molecule has 6 heteroatoms. The highest BCUT2D eigenvalue weighted by Crippen LogP contribution is 2.63. The van der Waals surface area contributed by atoms with Crippen molar-refractivity contribution in [1.82, 2.24) is 4.90 Å². The molecular formula is C24H26ClNOS3. The number of aliphatic hydroxyl groups is 1. The average molecular weight is 476 g/mol. The maximum absolute atomic E-state index is 12.7. The van der Waals surface area contributed by atoms with Gasteiger partial charge in [0.1, 0.15) is 5.60 Å². The van der Waals surface area contributed by atoms with E-state index in [4.69, 9.17) is 11.6 Å². The van der Waals surface area contributed by atoms with Gasteiger partial charge in [0.25, 0.3) is 0 Å². The highest BCUT2D eigenvalue weighted by Gasteiger charge is 2.57. The van der Waals surface area contributed by atoms with Crippen LogP contribution in [-0.4, -0.2) is 46.2 Å². The summed E-state index contributed by atoms with van der Waals surface area (Å²) in [6, 6.07) is 14.2. The Balaban J connectivity index is 1.81. The predicted molar refractivity (Wildman–Crippen MR) is 133 cm³/mol. The van der Waals surface area contributed by atoms with Crippen LogP contribution in [0.5, 0.6) is 0 Å². The SMILES string of the molecule is CN(C)CC#CCCC1(C2(O)c3ccccc3Sc3ccc(Cl)cc32)SCCCS1. The minimum absolute atomic E-state index is 0.394. The summed E-state index contributed by atoms with van der Waals surface area (Å²) in [7, 11) is 4.06. The third-order valence-corrected chi connectivity index (χ3v) is 10.4. The molecule has 1 saturated heterocycles. The Labute approximate surface area is 197 Å². The summed E-state index contributed by atoms with van der Waals surface area (Å²) in [5, 5.41) is 13.3. The minimum Gasteiger partial charge on any atom is -0.378 e. The van der Waals surface area contributed by atoms with E-state index in [0.717, 1.165) is 58.2 Å². The quantitative estimate of drug-likeness (QED) is 0.550. The third kappa shape index (κ3) is 4.16. The van der Waals surface area contributed by atoms with Gasteiger partial charge in [-0.3, -0.25) is 4.90 Å². The first kappa shape index (κ1) is 22.5. The predicted octanol–water partition coefficient (Wildman–Crippen LogP) is 5.95. The van der Waals surface area contributed by atoms with Crippen LogP contribution in [0.3, 0.4) is 0 Å². The molecule has 0 aliphatic carbocycles. The zero-order chi connectivity index (χ0) is 21.2. The molecule has 2 nitrogen and oxygen atoms in total. The zero-order valence-corrected chi connectivity index (χ0v) is 20.5. The molecule has 0 aromatic heterocycles. The number of hydrogen-bond donors (Lipinski definition) is 1. The van der Waals surface area contributed by atoms with E-state index >= 15 is 0 Å². The van der Waals surface area contributed by atoms with Gasteiger partial charge in [0.15, 0.2) is 0 Å². The first-order chi connectivity index (χ1) is 14.5. The molecule has 2 aliphatic heterocycles. The van der Waals surface area contributed by atoms with Crippen molar-refractivity contribution in [3.05, 3.63) is 58.6 Å². The van der Waals surface area contributed by atoms with E-state index in [1.165, 1.54) is 0 Å². The lowest BCUT2D eigenvalue weighted by atomic mass is 9.80. The van der Waals surface area contributed by atoms with Crippen molar-refractivity contribution in [3.63, 3.8) is 0 Å². The second-order valence-electron chi connectivity index (χ2n) is 7.84. The Hall–Kier alpha value is -0.740. The van der Waals surface area contributed by atoms with Crippen molar-refractivity contribution in [1.29, 1.82) is 0 Å². The van der Waals surface area contributed by atoms with Crippen molar-refractivity contribution in [3.8, 4) is 11.8 Å². The Morgan fingerprint density at radius 1 is 1.03 bits per heavy atom. The molecular weight excluding hydrogens is 450 g/mol. The topological polar surface area (TPSA) is 23.5 Å². The molecule has 1 unspecified atom stereocenters. The normalized spacial score (nSPS) is 22.0. The fourth-order valence-electron chi connectivity index (χ4n) is 4.04. The monoisotopic (exact) mass is 475 g/mol. The molecule has 2 aliphatic rings. The highest BCUT2D eigenvalue weighted by atomic mass is 35.5. The van der Waals surface area contributed by atoms with Gasteiger partial charge in [-0.1, -0.05) is 47.5 Å². The molecule has 1 fully saturated rings. The molecule has 0 radical (unpaired) electrons. The highest BCUT2D eigenvalue weighted by molar-refractivity contribution is 8.18. The van der Waals surface area contributed by atoms with E-state index < -0.39 is 9.68 Å². The van der Waals surface area contributed by atoms with E-state index in [1.54, 1.807) is 11.8 Å². The smallest absolute Gasteiger partial charge is 0.141 e. The lowest BCUT2D eigenvalue weighted by molar-refractivity contribution is 0.0579. The fourth-order valence-corrected chi connectivity index (χ4v) is 8.98. The molecule has 2 aromatic carbocycles. The number of fused-ring (bicyclic) bond motifs is 2. The lowest BCUT2D eigenvalue weighted by Crippen LogP contribution is -2.51. The standard InChI is InChI=1S/C24H26ClNOS3/c1-26(2)14-7-3-6-13-23(28-15-8-16-29-23)24(27)19-9-4-5-10-21(19)30-22-12-11-18(25)17-20(22)24/h4-5,9-12,17,27H,6,8,13-16H2,1-2H3. The maximum atomic E-state index is 12.7. The van der Waals surface area contributed by atoms with E-state index in [2.05, 4.69) is 28.9 Å². The molecule has 2 aromatic rings. The molecule has 1 atom stereocenters. The number of nitrogens with zero attached hydrogens (tertiary/aromatic N) is 1. The van der Waals surface area contributed by atoms with E-state index in [0.29, 0.717) is 5.02 Å². The molecule has 1 N–H and O–H groups in total. The summed E-state index contributed by atoms with van der Waals surface area (Å²) in [6.45, 7) is 0.759. The zero-order valence-electron chi connectivity index (χ0n) is 17.3. The van der Waals surface area contributed by atoms with E-state index in [9.17, 15) is 5.11 Å². The summed E-state index contributed by atoms with van der Waals surface area (Å²) in [5.74, 6) is 8.69. The van der Waals surface area contributed by atoms with E-state index in [-0.39, 0.29) is 0 Å². The van der Waals surface area contributed by atoms with Gasteiger partial charge in [0.2, 0.25) is 0 Å². The molecule has 158 valence electrons. The van der Waals surface area contributed by atoms with Gasteiger partial charge in [0, 0.05) is 32.4 Å². The van der Waals surface area contributed by atoms with Gasteiger partial charge in [-0.2, -0.15) is 0 Å². The van der Waals surface area contributed by atoms with Crippen molar-refractivity contribution in [2.75, 3.05) is 32.1 Å².